The highest BCUT2D eigenvalue weighted by molar-refractivity contribution is 8.00. The molecule has 108 valence electrons. The summed E-state index contributed by atoms with van der Waals surface area (Å²) in [5.41, 5.74) is 0. The average Bonchev–Trinajstić information content (AvgIpc) is 2.83. The topological polar surface area (TPSA) is 69.6 Å². The quantitative estimate of drug-likeness (QED) is 0.814. The van der Waals surface area contributed by atoms with E-state index in [-0.39, 0.29) is 23.2 Å². The number of carbonyl (C=O) groups is 2. The van der Waals surface area contributed by atoms with E-state index < -0.39 is 12.0 Å². The molecule has 0 aliphatic carbocycles. The number of carbonyl (C=O) groups excluding carboxylic acids is 1. The third-order valence-electron chi connectivity index (χ3n) is 3.75. The maximum absolute atomic E-state index is 12.6. The molecule has 2 N–H and O–H groups in total. The number of carboxylic acid groups (broad SMARTS) is 1. The highest BCUT2D eigenvalue weighted by atomic mass is 32.2. The number of amides is 1. The second kappa shape index (κ2) is 6.13. The van der Waals surface area contributed by atoms with Crippen molar-refractivity contribution in [3.63, 3.8) is 0 Å². The summed E-state index contributed by atoms with van der Waals surface area (Å²) in [7, 11) is 0. The van der Waals surface area contributed by atoms with Crippen molar-refractivity contribution in [3.05, 3.63) is 0 Å². The summed E-state index contributed by atoms with van der Waals surface area (Å²) >= 11 is 1.58. The summed E-state index contributed by atoms with van der Waals surface area (Å²) in [6.07, 6.45) is 2.94. The molecule has 0 aromatic carbocycles. The highest BCUT2D eigenvalue weighted by Crippen LogP contribution is 2.35. The zero-order valence-electron chi connectivity index (χ0n) is 11.5. The molecule has 0 saturated carbocycles. The molecule has 0 radical (unpaired) electrons. The monoisotopic (exact) mass is 286 g/mol. The van der Waals surface area contributed by atoms with Gasteiger partial charge in [-0.3, -0.25) is 4.79 Å². The van der Waals surface area contributed by atoms with Crippen molar-refractivity contribution >= 4 is 23.6 Å². The van der Waals surface area contributed by atoms with Gasteiger partial charge in [0.15, 0.2) is 0 Å². The van der Waals surface area contributed by atoms with Crippen LogP contribution in [0.2, 0.25) is 0 Å². The van der Waals surface area contributed by atoms with Crippen LogP contribution in [0.5, 0.6) is 0 Å². The predicted octanol–water partition coefficient (Wildman–Crippen LogP) is 1.14. The Labute approximate surface area is 118 Å². The van der Waals surface area contributed by atoms with Crippen molar-refractivity contribution in [2.45, 2.75) is 50.6 Å². The smallest absolute Gasteiger partial charge is 0.327 e. The molecule has 0 spiro atoms. The van der Waals surface area contributed by atoms with Gasteiger partial charge >= 0.3 is 5.97 Å². The standard InChI is InChI=1S/C13H22N2O3S/c1-8(2)12-15(10(7-19-12)13(17)18)11(16)9-5-3-4-6-14-9/h8-10,12,14H,3-7H2,1-2H3,(H,17,18)/t9-,10?,12?/m1/s1. The molecule has 3 atom stereocenters. The number of rotatable bonds is 3. The van der Waals surface area contributed by atoms with Crippen molar-refractivity contribution < 1.29 is 14.7 Å². The normalized spacial score (nSPS) is 31.7. The largest absolute Gasteiger partial charge is 0.480 e. The van der Waals surface area contributed by atoms with Crippen LogP contribution in [0.25, 0.3) is 0 Å². The van der Waals surface area contributed by atoms with Gasteiger partial charge in [-0.05, 0) is 25.3 Å². The number of hydrogen-bond donors (Lipinski definition) is 2. The molecular formula is C13H22N2O3S. The Morgan fingerprint density at radius 3 is 2.63 bits per heavy atom. The van der Waals surface area contributed by atoms with Gasteiger partial charge in [-0.15, -0.1) is 11.8 Å². The van der Waals surface area contributed by atoms with Gasteiger partial charge in [0.25, 0.3) is 0 Å². The van der Waals surface area contributed by atoms with Gasteiger partial charge in [0, 0.05) is 5.75 Å². The number of nitrogens with one attached hydrogen (secondary N) is 1. The average molecular weight is 286 g/mol. The van der Waals surface area contributed by atoms with Gasteiger partial charge in [0.05, 0.1) is 11.4 Å². The third kappa shape index (κ3) is 3.05. The van der Waals surface area contributed by atoms with E-state index in [4.69, 9.17) is 0 Å². The van der Waals surface area contributed by atoms with Gasteiger partial charge in [-0.2, -0.15) is 0 Å². The van der Waals surface area contributed by atoms with E-state index >= 15 is 0 Å². The minimum Gasteiger partial charge on any atom is -0.480 e. The van der Waals surface area contributed by atoms with Gasteiger partial charge in [-0.25, -0.2) is 4.79 Å². The van der Waals surface area contributed by atoms with Crippen molar-refractivity contribution in [2.75, 3.05) is 12.3 Å². The van der Waals surface area contributed by atoms with Crippen molar-refractivity contribution in [1.29, 1.82) is 0 Å². The molecule has 1 amide bonds. The van der Waals surface area contributed by atoms with Crippen LogP contribution in [0.4, 0.5) is 0 Å². The molecule has 2 rings (SSSR count). The van der Waals surface area contributed by atoms with E-state index in [1.165, 1.54) is 0 Å². The first-order chi connectivity index (χ1) is 9.02. The van der Waals surface area contributed by atoms with Crippen LogP contribution < -0.4 is 5.32 Å². The predicted molar refractivity (Wildman–Crippen MR) is 75.0 cm³/mol. The summed E-state index contributed by atoms with van der Waals surface area (Å²) in [5.74, 6) is -0.158. The molecule has 6 heteroatoms. The Hall–Kier alpha value is -0.750. The molecule has 2 aliphatic heterocycles. The minimum absolute atomic E-state index is 0.0164. The summed E-state index contributed by atoms with van der Waals surface area (Å²) in [6, 6.07) is -0.871. The fraction of sp³-hybridized carbons (Fsp3) is 0.846. The number of nitrogens with zero attached hydrogens (tertiary/aromatic N) is 1. The van der Waals surface area contributed by atoms with Crippen molar-refractivity contribution in [1.82, 2.24) is 10.2 Å². The molecule has 0 aromatic heterocycles. The highest BCUT2D eigenvalue weighted by Gasteiger charge is 2.44. The van der Waals surface area contributed by atoms with E-state index in [0.29, 0.717) is 5.75 Å². The lowest BCUT2D eigenvalue weighted by atomic mass is 10.0. The number of hydrogen-bond acceptors (Lipinski definition) is 4. The fourth-order valence-electron chi connectivity index (χ4n) is 2.75. The summed E-state index contributed by atoms with van der Waals surface area (Å²) in [5, 5.41) is 12.5. The van der Waals surface area contributed by atoms with Crippen LogP contribution in [-0.2, 0) is 9.59 Å². The minimum atomic E-state index is -0.889. The second-order valence-electron chi connectivity index (χ2n) is 5.57. The van der Waals surface area contributed by atoms with E-state index in [1.807, 2.05) is 13.8 Å². The number of piperidine rings is 1. The first kappa shape index (κ1) is 14.7. The molecule has 5 nitrogen and oxygen atoms in total. The summed E-state index contributed by atoms with van der Waals surface area (Å²) < 4.78 is 0. The third-order valence-corrected chi connectivity index (χ3v) is 5.37. The van der Waals surface area contributed by atoms with Crippen LogP contribution in [0.1, 0.15) is 33.1 Å². The lowest BCUT2D eigenvalue weighted by Gasteiger charge is -2.34. The molecule has 0 aromatic rings. The zero-order valence-corrected chi connectivity index (χ0v) is 12.3. The van der Waals surface area contributed by atoms with Crippen molar-refractivity contribution in [3.8, 4) is 0 Å². The first-order valence-electron chi connectivity index (χ1n) is 6.92. The summed E-state index contributed by atoms with van der Waals surface area (Å²) in [6.45, 7) is 4.93. The van der Waals surface area contributed by atoms with Gasteiger partial charge in [0.1, 0.15) is 6.04 Å². The van der Waals surface area contributed by atoms with E-state index in [2.05, 4.69) is 5.32 Å². The molecule has 0 bridgehead atoms. The lowest BCUT2D eigenvalue weighted by molar-refractivity contribution is -0.150. The van der Waals surface area contributed by atoms with Crippen LogP contribution in [0, 0.1) is 5.92 Å². The molecule has 2 fully saturated rings. The Morgan fingerprint density at radius 2 is 2.11 bits per heavy atom. The van der Waals surface area contributed by atoms with Crippen LogP contribution in [-0.4, -0.2) is 51.6 Å². The summed E-state index contributed by atoms with van der Waals surface area (Å²) in [4.78, 5) is 25.6. The second-order valence-corrected chi connectivity index (χ2v) is 6.72. The maximum Gasteiger partial charge on any atom is 0.327 e. The zero-order chi connectivity index (χ0) is 14.0. The molecule has 2 aliphatic rings. The Bertz CT molecular complexity index is 356. The van der Waals surface area contributed by atoms with Gasteiger partial charge < -0.3 is 15.3 Å². The Kier molecular flexibility index (Phi) is 4.73. The molecular weight excluding hydrogens is 264 g/mol. The Morgan fingerprint density at radius 1 is 1.37 bits per heavy atom. The fourth-order valence-corrected chi connectivity index (χ4v) is 4.23. The van der Waals surface area contributed by atoms with E-state index in [9.17, 15) is 14.7 Å². The van der Waals surface area contributed by atoms with Crippen molar-refractivity contribution in [2.24, 2.45) is 5.92 Å². The number of carboxylic acids is 1. The SMILES string of the molecule is CC(C)C1SCC(C(=O)O)N1C(=O)[C@H]1CCCCN1. The molecule has 2 heterocycles. The first-order valence-corrected chi connectivity index (χ1v) is 7.97. The van der Waals surface area contributed by atoms with Gasteiger partial charge in [-0.1, -0.05) is 20.3 Å². The van der Waals surface area contributed by atoms with Crippen LogP contribution >= 0.6 is 11.8 Å². The molecule has 2 unspecified atom stereocenters. The molecule has 19 heavy (non-hydrogen) atoms. The molecule has 2 saturated heterocycles. The van der Waals surface area contributed by atoms with Crippen LogP contribution in [0.3, 0.4) is 0 Å². The number of aliphatic carboxylic acids is 1. The van der Waals surface area contributed by atoms with Gasteiger partial charge in [0.2, 0.25) is 5.91 Å². The van der Waals surface area contributed by atoms with E-state index in [1.54, 1.807) is 16.7 Å². The van der Waals surface area contributed by atoms with Crippen LogP contribution in [0.15, 0.2) is 0 Å². The lowest BCUT2D eigenvalue weighted by Crippen LogP contribution is -2.55. The van der Waals surface area contributed by atoms with E-state index in [0.717, 1.165) is 25.8 Å². The number of thioether (sulfide) groups is 1. The maximum atomic E-state index is 12.6. The Balaban J connectivity index is 2.15.